The van der Waals surface area contributed by atoms with Crippen molar-refractivity contribution in [3.8, 4) is 0 Å². The van der Waals surface area contributed by atoms with Crippen molar-refractivity contribution in [2.45, 2.75) is 38.3 Å². The summed E-state index contributed by atoms with van der Waals surface area (Å²) in [6, 6.07) is 0.246. The van der Waals surface area contributed by atoms with Gasteiger partial charge in [-0.25, -0.2) is 0 Å². The molecule has 1 fully saturated rings. The van der Waals surface area contributed by atoms with Crippen molar-refractivity contribution < 1.29 is 14.2 Å². The molecular weight excluding hydrogens is 218 g/mol. The van der Waals surface area contributed by atoms with E-state index in [1.165, 1.54) is 5.57 Å². The molecule has 0 radical (unpaired) electrons. The Morgan fingerprint density at radius 3 is 3.00 bits per heavy atom. The molecule has 0 amide bonds. The Balaban J connectivity index is 1.97. The van der Waals surface area contributed by atoms with Crippen LogP contribution in [-0.2, 0) is 14.2 Å². The maximum Gasteiger partial charge on any atom is 0.100 e. The third-order valence-corrected chi connectivity index (χ3v) is 3.19. The van der Waals surface area contributed by atoms with Crippen molar-refractivity contribution in [2.24, 2.45) is 0 Å². The molecule has 4 heteroatoms. The van der Waals surface area contributed by atoms with Crippen molar-refractivity contribution in [3.63, 3.8) is 0 Å². The summed E-state index contributed by atoms with van der Waals surface area (Å²) in [5.41, 5.74) is 1.32. The molecule has 0 spiro atoms. The summed E-state index contributed by atoms with van der Waals surface area (Å²) in [6.45, 7) is 6.11. The molecule has 2 heterocycles. The topological polar surface area (TPSA) is 39.7 Å². The lowest BCUT2D eigenvalue weighted by Gasteiger charge is -2.33. The van der Waals surface area contributed by atoms with E-state index >= 15 is 0 Å². The minimum absolute atomic E-state index is 0.128. The minimum Gasteiger partial charge on any atom is -0.501 e. The number of hydrogen-bond donors (Lipinski definition) is 1. The summed E-state index contributed by atoms with van der Waals surface area (Å²) < 4.78 is 16.7. The van der Waals surface area contributed by atoms with Crippen molar-refractivity contribution in [1.82, 2.24) is 5.32 Å². The lowest BCUT2D eigenvalue weighted by Crippen LogP contribution is -2.48. The molecule has 2 atom stereocenters. The van der Waals surface area contributed by atoms with Gasteiger partial charge in [0.2, 0.25) is 0 Å². The van der Waals surface area contributed by atoms with Crippen molar-refractivity contribution in [2.75, 3.05) is 33.0 Å². The summed E-state index contributed by atoms with van der Waals surface area (Å²) in [7, 11) is 0. The Morgan fingerprint density at radius 2 is 2.35 bits per heavy atom. The molecule has 2 rings (SSSR count). The van der Waals surface area contributed by atoms with Gasteiger partial charge < -0.3 is 19.5 Å². The van der Waals surface area contributed by atoms with E-state index in [2.05, 4.69) is 12.2 Å². The van der Waals surface area contributed by atoms with Gasteiger partial charge in [0.1, 0.15) is 6.10 Å². The molecule has 0 aromatic heterocycles. The van der Waals surface area contributed by atoms with Crippen molar-refractivity contribution in [3.05, 3.63) is 11.8 Å². The van der Waals surface area contributed by atoms with Crippen LogP contribution in [0.3, 0.4) is 0 Å². The summed E-state index contributed by atoms with van der Waals surface area (Å²) in [5, 5.41) is 3.56. The monoisotopic (exact) mass is 241 g/mol. The number of rotatable bonds is 5. The van der Waals surface area contributed by atoms with Gasteiger partial charge in [-0.05, 0) is 31.4 Å². The Hall–Kier alpha value is -0.580. The van der Waals surface area contributed by atoms with Gasteiger partial charge in [0.25, 0.3) is 0 Å². The SMILES string of the molecule is CCCNC(C1=COCCC1)C1COCCO1. The van der Waals surface area contributed by atoms with Gasteiger partial charge in [0, 0.05) is 0 Å². The molecule has 0 aromatic rings. The molecule has 2 aliphatic rings. The zero-order valence-electron chi connectivity index (χ0n) is 10.6. The molecule has 1 saturated heterocycles. The lowest BCUT2D eigenvalue weighted by atomic mass is 9.97. The molecule has 2 aliphatic heterocycles. The van der Waals surface area contributed by atoms with E-state index in [-0.39, 0.29) is 12.1 Å². The number of ether oxygens (including phenoxy) is 3. The van der Waals surface area contributed by atoms with E-state index in [0.29, 0.717) is 19.8 Å². The standard InChI is InChI=1S/C13H23NO3/c1-2-5-14-13(11-4-3-6-15-9-11)12-10-16-7-8-17-12/h9,12-14H,2-8,10H2,1H3. The summed E-state index contributed by atoms with van der Waals surface area (Å²) >= 11 is 0. The van der Waals surface area contributed by atoms with Crippen LogP contribution in [0.15, 0.2) is 11.8 Å². The highest BCUT2D eigenvalue weighted by Gasteiger charge is 2.28. The zero-order valence-corrected chi connectivity index (χ0v) is 10.6. The maximum absolute atomic E-state index is 5.81. The van der Waals surface area contributed by atoms with Crippen molar-refractivity contribution >= 4 is 0 Å². The first-order chi connectivity index (χ1) is 8.42. The van der Waals surface area contributed by atoms with Gasteiger partial charge in [-0.15, -0.1) is 0 Å². The largest absolute Gasteiger partial charge is 0.501 e. The fourth-order valence-corrected chi connectivity index (χ4v) is 2.31. The number of nitrogens with one attached hydrogen (secondary N) is 1. The zero-order chi connectivity index (χ0) is 11.9. The second-order valence-electron chi connectivity index (χ2n) is 4.58. The van der Waals surface area contributed by atoms with Crippen LogP contribution in [0, 0.1) is 0 Å². The first-order valence-electron chi connectivity index (χ1n) is 6.65. The predicted molar refractivity (Wildman–Crippen MR) is 65.9 cm³/mol. The molecule has 0 bridgehead atoms. The second-order valence-corrected chi connectivity index (χ2v) is 4.58. The molecule has 4 nitrogen and oxygen atoms in total. The van der Waals surface area contributed by atoms with E-state index in [1.54, 1.807) is 0 Å². The molecular formula is C13H23NO3. The lowest BCUT2D eigenvalue weighted by molar-refractivity contribution is -0.0976. The predicted octanol–water partition coefficient (Wildman–Crippen LogP) is 1.46. The first-order valence-corrected chi connectivity index (χ1v) is 6.65. The Morgan fingerprint density at radius 1 is 1.41 bits per heavy atom. The first kappa shape index (κ1) is 12.9. The molecule has 1 N–H and O–H groups in total. The van der Waals surface area contributed by atoms with Crippen LogP contribution in [-0.4, -0.2) is 45.1 Å². The van der Waals surface area contributed by atoms with Gasteiger partial charge in [0.15, 0.2) is 0 Å². The van der Waals surface area contributed by atoms with Gasteiger partial charge in [0.05, 0.1) is 38.7 Å². The van der Waals surface area contributed by atoms with Gasteiger partial charge in [-0.1, -0.05) is 6.92 Å². The third-order valence-electron chi connectivity index (χ3n) is 3.19. The molecule has 17 heavy (non-hydrogen) atoms. The normalized spacial score (nSPS) is 27.1. The van der Waals surface area contributed by atoms with Crippen LogP contribution < -0.4 is 5.32 Å². The second kappa shape index (κ2) is 6.99. The fourth-order valence-electron chi connectivity index (χ4n) is 2.31. The molecule has 98 valence electrons. The Bertz CT molecular complexity index is 249. The van der Waals surface area contributed by atoms with Gasteiger partial charge >= 0.3 is 0 Å². The molecule has 0 saturated carbocycles. The average Bonchev–Trinajstić information content (AvgIpc) is 2.42. The molecule has 0 aliphatic carbocycles. The van der Waals surface area contributed by atoms with E-state index in [9.17, 15) is 0 Å². The van der Waals surface area contributed by atoms with Crippen LogP contribution in [0.5, 0.6) is 0 Å². The maximum atomic E-state index is 5.81. The highest BCUT2D eigenvalue weighted by atomic mass is 16.6. The van der Waals surface area contributed by atoms with Crippen LogP contribution >= 0.6 is 0 Å². The third kappa shape index (κ3) is 3.69. The molecule has 2 unspecified atom stereocenters. The number of hydrogen-bond acceptors (Lipinski definition) is 4. The van der Waals surface area contributed by atoms with Crippen LogP contribution in [0.1, 0.15) is 26.2 Å². The highest BCUT2D eigenvalue weighted by molar-refractivity contribution is 5.13. The van der Waals surface area contributed by atoms with Gasteiger partial charge in [-0.3, -0.25) is 0 Å². The summed E-state index contributed by atoms with van der Waals surface area (Å²) in [6.07, 6.45) is 5.36. The van der Waals surface area contributed by atoms with Crippen LogP contribution in [0.2, 0.25) is 0 Å². The van der Waals surface area contributed by atoms with E-state index in [4.69, 9.17) is 14.2 Å². The quantitative estimate of drug-likeness (QED) is 0.791. The minimum atomic E-state index is 0.128. The fraction of sp³-hybridized carbons (Fsp3) is 0.846. The Labute approximate surface area is 103 Å². The Kier molecular flexibility index (Phi) is 5.29. The highest BCUT2D eigenvalue weighted by Crippen LogP contribution is 2.21. The summed E-state index contributed by atoms with van der Waals surface area (Å²) in [4.78, 5) is 0. The van der Waals surface area contributed by atoms with E-state index in [1.807, 2.05) is 6.26 Å². The molecule has 0 aromatic carbocycles. The van der Waals surface area contributed by atoms with Crippen molar-refractivity contribution in [1.29, 1.82) is 0 Å². The smallest absolute Gasteiger partial charge is 0.100 e. The van der Waals surface area contributed by atoms with E-state index < -0.39 is 0 Å². The van der Waals surface area contributed by atoms with Crippen LogP contribution in [0.25, 0.3) is 0 Å². The van der Waals surface area contributed by atoms with E-state index in [0.717, 1.165) is 32.4 Å². The van der Waals surface area contributed by atoms with Gasteiger partial charge in [-0.2, -0.15) is 0 Å². The van der Waals surface area contributed by atoms with Crippen LogP contribution in [0.4, 0.5) is 0 Å². The summed E-state index contributed by atoms with van der Waals surface area (Å²) in [5.74, 6) is 0. The average molecular weight is 241 g/mol.